The molecule has 0 amide bonds. The van der Waals surface area contributed by atoms with Gasteiger partial charge in [-0.15, -0.1) is 0 Å². The highest BCUT2D eigenvalue weighted by molar-refractivity contribution is 9.10. The van der Waals surface area contributed by atoms with Gasteiger partial charge in [-0.25, -0.2) is 0 Å². The van der Waals surface area contributed by atoms with Crippen LogP contribution in [0.5, 0.6) is 5.75 Å². The van der Waals surface area contributed by atoms with Crippen LogP contribution in [0, 0.1) is 5.92 Å². The minimum atomic E-state index is -1.30. The molecule has 0 saturated carbocycles. The van der Waals surface area contributed by atoms with Gasteiger partial charge in [-0.1, -0.05) is 64.5 Å². The molecule has 3 aromatic carbocycles. The molecule has 31 heavy (non-hydrogen) atoms. The van der Waals surface area contributed by atoms with Gasteiger partial charge >= 0.3 is 11.9 Å². The van der Waals surface area contributed by atoms with Crippen molar-refractivity contribution in [2.75, 3.05) is 6.61 Å². The normalized spacial score (nSPS) is 16.3. The largest absolute Gasteiger partial charge is 0.465 e. The molecule has 3 aromatic rings. The van der Waals surface area contributed by atoms with Crippen LogP contribution in [0.4, 0.5) is 0 Å². The highest BCUT2D eigenvalue weighted by Crippen LogP contribution is 2.37. The third-order valence-electron chi connectivity index (χ3n) is 5.22. The Bertz CT molecular complexity index is 1140. The van der Waals surface area contributed by atoms with Crippen LogP contribution in [-0.2, 0) is 14.3 Å². The van der Waals surface area contributed by atoms with Crippen molar-refractivity contribution in [1.29, 1.82) is 0 Å². The molecule has 6 heteroatoms. The van der Waals surface area contributed by atoms with Gasteiger partial charge < -0.3 is 9.47 Å². The Morgan fingerprint density at radius 2 is 1.58 bits per heavy atom. The molecular weight excluding hydrogens is 460 g/mol. The van der Waals surface area contributed by atoms with Crippen molar-refractivity contribution < 1.29 is 23.9 Å². The van der Waals surface area contributed by atoms with E-state index in [4.69, 9.17) is 9.47 Å². The molecule has 0 aromatic heterocycles. The lowest BCUT2D eigenvalue weighted by atomic mass is 9.79. The van der Waals surface area contributed by atoms with Crippen molar-refractivity contribution in [3.05, 3.63) is 88.4 Å². The fraction of sp³-hybridized carbons (Fsp3) is 0.160. The molecule has 0 aliphatic carbocycles. The number of fused-ring (bicyclic) bond motifs is 1. The summed E-state index contributed by atoms with van der Waals surface area (Å²) in [4.78, 5) is 38.8. The molecule has 0 saturated heterocycles. The average Bonchev–Trinajstić information content (AvgIpc) is 2.77. The van der Waals surface area contributed by atoms with Crippen LogP contribution in [0.15, 0.2) is 77.3 Å². The maximum absolute atomic E-state index is 13.2. The van der Waals surface area contributed by atoms with E-state index in [1.165, 1.54) is 0 Å². The van der Waals surface area contributed by atoms with Crippen molar-refractivity contribution in [1.82, 2.24) is 0 Å². The topological polar surface area (TPSA) is 69.7 Å². The van der Waals surface area contributed by atoms with E-state index < -0.39 is 29.6 Å². The number of para-hydroxylation sites is 1. The summed E-state index contributed by atoms with van der Waals surface area (Å²) in [5, 5.41) is 0. The molecule has 0 radical (unpaired) electrons. The smallest absolute Gasteiger partial charge is 0.323 e. The van der Waals surface area contributed by atoms with Gasteiger partial charge in [0, 0.05) is 4.47 Å². The number of ether oxygens (including phenoxy) is 2. The van der Waals surface area contributed by atoms with Crippen LogP contribution in [-0.4, -0.2) is 24.3 Å². The summed E-state index contributed by atoms with van der Waals surface area (Å²) in [6, 6.07) is 21.6. The number of ketones is 1. The van der Waals surface area contributed by atoms with Crippen LogP contribution in [0.2, 0.25) is 0 Å². The molecular formula is C25H19BrO5. The van der Waals surface area contributed by atoms with Crippen LogP contribution >= 0.6 is 15.9 Å². The number of Topliss-reactive ketones (excluding diaryl/α,β-unsaturated/α-hetero) is 1. The average molecular weight is 479 g/mol. The quantitative estimate of drug-likeness (QED) is 0.287. The molecule has 5 nitrogen and oxygen atoms in total. The van der Waals surface area contributed by atoms with E-state index in [1.54, 1.807) is 43.3 Å². The summed E-state index contributed by atoms with van der Waals surface area (Å²) in [5.74, 6) is -4.00. The van der Waals surface area contributed by atoms with Gasteiger partial charge in [0.1, 0.15) is 17.6 Å². The molecule has 156 valence electrons. The third-order valence-corrected chi connectivity index (χ3v) is 5.75. The van der Waals surface area contributed by atoms with E-state index in [0.717, 1.165) is 15.6 Å². The van der Waals surface area contributed by atoms with Crippen LogP contribution in [0.1, 0.15) is 28.8 Å². The molecule has 1 aliphatic heterocycles. The number of carbonyl (C=O) groups excluding carboxylic acids is 3. The minimum absolute atomic E-state index is 0.138. The molecule has 2 atom stereocenters. The molecule has 0 spiro atoms. The van der Waals surface area contributed by atoms with E-state index in [1.807, 2.05) is 36.4 Å². The predicted octanol–water partition coefficient (Wildman–Crippen LogP) is 5.18. The molecule has 0 N–H and O–H groups in total. The van der Waals surface area contributed by atoms with Crippen molar-refractivity contribution in [2.24, 2.45) is 5.92 Å². The van der Waals surface area contributed by atoms with E-state index >= 15 is 0 Å². The zero-order valence-electron chi connectivity index (χ0n) is 16.7. The monoisotopic (exact) mass is 478 g/mol. The molecule has 1 aliphatic rings. The Morgan fingerprint density at radius 3 is 2.23 bits per heavy atom. The van der Waals surface area contributed by atoms with Gasteiger partial charge in [0.2, 0.25) is 0 Å². The zero-order valence-corrected chi connectivity index (χ0v) is 18.3. The van der Waals surface area contributed by atoms with E-state index in [9.17, 15) is 14.4 Å². The lowest BCUT2D eigenvalue weighted by Crippen LogP contribution is -2.41. The van der Waals surface area contributed by atoms with Crippen molar-refractivity contribution in [3.63, 3.8) is 0 Å². The van der Waals surface area contributed by atoms with Gasteiger partial charge in [0.05, 0.1) is 12.2 Å². The van der Waals surface area contributed by atoms with Crippen molar-refractivity contribution in [3.8, 4) is 16.9 Å². The maximum atomic E-state index is 13.2. The first kappa shape index (κ1) is 21.0. The van der Waals surface area contributed by atoms with Crippen LogP contribution in [0.3, 0.4) is 0 Å². The summed E-state index contributed by atoms with van der Waals surface area (Å²) in [6.45, 7) is 1.82. The zero-order chi connectivity index (χ0) is 22.0. The summed E-state index contributed by atoms with van der Waals surface area (Å²) in [7, 11) is 0. The number of rotatable bonds is 5. The SMILES string of the molecule is CCOC(=O)C(c1ccc(-c2ccc(Br)cc2)cc1)C1C(=O)Oc2ccccc2C1=O. The third kappa shape index (κ3) is 4.16. The fourth-order valence-electron chi connectivity index (χ4n) is 3.71. The first-order chi connectivity index (χ1) is 15.0. The second-order valence-electron chi connectivity index (χ2n) is 7.12. The molecule has 0 bridgehead atoms. The summed E-state index contributed by atoms with van der Waals surface area (Å²) >= 11 is 3.42. The highest BCUT2D eigenvalue weighted by Gasteiger charge is 2.46. The summed E-state index contributed by atoms with van der Waals surface area (Å²) < 4.78 is 11.6. The Labute approximate surface area is 188 Å². The first-order valence-corrected chi connectivity index (χ1v) is 10.7. The predicted molar refractivity (Wildman–Crippen MR) is 119 cm³/mol. The number of benzene rings is 3. The van der Waals surface area contributed by atoms with Crippen LogP contribution < -0.4 is 4.74 Å². The minimum Gasteiger partial charge on any atom is -0.465 e. The van der Waals surface area contributed by atoms with E-state index in [0.29, 0.717) is 5.56 Å². The summed E-state index contributed by atoms with van der Waals surface area (Å²) in [5.41, 5.74) is 2.76. The number of hydrogen-bond donors (Lipinski definition) is 0. The maximum Gasteiger partial charge on any atom is 0.323 e. The fourth-order valence-corrected chi connectivity index (χ4v) is 3.98. The number of carbonyl (C=O) groups is 3. The molecule has 0 fully saturated rings. The Kier molecular flexibility index (Phi) is 6.00. The van der Waals surface area contributed by atoms with E-state index in [2.05, 4.69) is 15.9 Å². The Morgan fingerprint density at radius 1 is 0.968 bits per heavy atom. The second kappa shape index (κ2) is 8.86. The number of halogens is 1. The molecule has 4 rings (SSSR count). The lowest BCUT2D eigenvalue weighted by molar-refractivity contribution is -0.151. The van der Waals surface area contributed by atoms with Gasteiger partial charge in [-0.3, -0.25) is 14.4 Å². The van der Waals surface area contributed by atoms with Crippen LogP contribution in [0.25, 0.3) is 11.1 Å². The molecule has 2 unspecified atom stereocenters. The lowest BCUT2D eigenvalue weighted by Gasteiger charge is -2.27. The van der Waals surface area contributed by atoms with Crippen molar-refractivity contribution >= 4 is 33.7 Å². The van der Waals surface area contributed by atoms with Gasteiger partial charge in [0.25, 0.3) is 0 Å². The van der Waals surface area contributed by atoms with Crippen molar-refractivity contribution in [2.45, 2.75) is 12.8 Å². The number of esters is 2. The van der Waals surface area contributed by atoms with Gasteiger partial charge in [-0.05, 0) is 47.9 Å². The standard InChI is InChI=1S/C25H19BrO5/c1-2-30-24(28)21(22-23(27)19-5-3-4-6-20(19)31-25(22)29)17-9-7-15(8-10-17)16-11-13-18(26)14-12-16/h3-14,21-22H,2H2,1H3. The first-order valence-electron chi connectivity index (χ1n) is 9.87. The second-order valence-corrected chi connectivity index (χ2v) is 8.03. The highest BCUT2D eigenvalue weighted by atomic mass is 79.9. The van der Waals surface area contributed by atoms with E-state index in [-0.39, 0.29) is 17.9 Å². The van der Waals surface area contributed by atoms with Gasteiger partial charge in [-0.2, -0.15) is 0 Å². The van der Waals surface area contributed by atoms with Gasteiger partial charge in [0.15, 0.2) is 5.78 Å². The Hall–Kier alpha value is -3.25. The Balaban J connectivity index is 1.72. The number of hydrogen-bond acceptors (Lipinski definition) is 5. The summed E-state index contributed by atoms with van der Waals surface area (Å²) in [6.07, 6.45) is 0. The molecule has 1 heterocycles.